The minimum atomic E-state index is -0.471. The van der Waals surface area contributed by atoms with Crippen molar-refractivity contribution < 1.29 is 9.53 Å². The molecule has 0 saturated carbocycles. The van der Waals surface area contributed by atoms with Gasteiger partial charge in [-0.2, -0.15) is 5.10 Å². The van der Waals surface area contributed by atoms with Crippen molar-refractivity contribution in [3.8, 4) is 5.69 Å². The number of benzene rings is 1. The monoisotopic (exact) mass is 398 g/mol. The molecule has 3 rings (SSSR count). The van der Waals surface area contributed by atoms with Crippen LogP contribution in [0, 0.1) is 0 Å². The van der Waals surface area contributed by atoms with Crippen molar-refractivity contribution in [1.29, 1.82) is 0 Å². The van der Waals surface area contributed by atoms with Gasteiger partial charge in [-0.05, 0) is 44.9 Å². The molecule has 2 heterocycles. The standard InChI is InChI=1S/C21H30N6O2/c1-21(2,3)29-20(28)26-14-17(15-26)25-19(22-4)23-11-10-16-12-24-27(13-16)18-8-6-5-7-9-18/h5-9,12-13,17H,10-11,14-15H2,1-4H3,(H2,22,23,25). The van der Waals surface area contributed by atoms with Crippen LogP contribution in [0.5, 0.6) is 0 Å². The molecule has 1 saturated heterocycles. The largest absolute Gasteiger partial charge is 0.444 e. The van der Waals surface area contributed by atoms with Crippen LogP contribution in [0.4, 0.5) is 4.79 Å². The summed E-state index contributed by atoms with van der Waals surface area (Å²) in [7, 11) is 1.74. The Labute approximate surface area is 171 Å². The maximum absolute atomic E-state index is 12.0. The third-order valence-electron chi connectivity index (χ3n) is 4.46. The molecular formula is C21H30N6O2. The number of para-hydroxylation sites is 1. The summed E-state index contributed by atoms with van der Waals surface area (Å²) in [5, 5.41) is 11.1. The second-order valence-corrected chi connectivity index (χ2v) is 8.10. The smallest absolute Gasteiger partial charge is 0.410 e. The van der Waals surface area contributed by atoms with Crippen molar-refractivity contribution >= 4 is 12.1 Å². The van der Waals surface area contributed by atoms with E-state index < -0.39 is 5.60 Å². The summed E-state index contributed by atoms with van der Waals surface area (Å²) in [6.07, 6.45) is 4.49. The first kappa shape index (κ1) is 20.7. The van der Waals surface area contributed by atoms with Crippen LogP contribution < -0.4 is 10.6 Å². The fourth-order valence-corrected chi connectivity index (χ4v) is 2.97. The second kappa shape index (κ2) is 8.98. The van der Waals surface area contributed by atoms with Gasteiger partial charge in [-0.15, -0.1) is 0 Å². The van der Waals surface area contributed by atoms with E-state index in [2.05, 4.69) is 20.7 Å². The molecule has 8 nitrogen and oxygen atoms in total. The molecule has 1 fully saturated rings. The number of carbonyl (C=O) groups is 1. The topological polar surface area (TPSA) is 83.8 Å². The Hall–Kier alpha value is -3.03. The first-order valence-electron chi connectivity index (χ1n) is 9.88. The maximum atomic E-state index is 12.0. The van der Waals surface area contributed by atoms with Crippen LogP contribution in [0.3, 0.4) is 0 Å². The lowest BCUT2D eigenvalue weighted by atomic mass is 10.1. The zero-order chi connectivity index (χ0) is 20.9. The van der Waals surface area contributed by atoms with Gasteiger partial charge in [0.2, 0.25) is 0 Å². The van der Waals surface area contributed by atoms with Gasteiger partial charge in [0, 0.05) is 32.9 Å². The van der Waals surface area contributed by atoms with Crippen LogP contribution in [-0.4, -0.2) is 65.1 Å². The number of aliphatic imine (C=N–C) groups is 1. The zero-order valence-corrected chi connectivity index (χ0v) is 17.6. The van der Waals surface area contributed by atoms with E-state index in [0.717, 1.165) is 30.2 Å². The van der Waals surface area contributed by atoms with Gasteiger partial charge in [0.05, 0.1) is 17.9 Å². The molecule has 1 aromatic heterocycles. The van der Waals surface area contributed by atoms with E-state index >= 15 is 0 Å². The maximum Gasteiger partial charge on any atom is 0.410 e. The number of nitrogens with zero attached hydrogens (tertiary/aromatic N) is 4. The lowest BCUT2D eigenvalue weighted by Crippen LogP contribution is -2.63. The Kier molecular flexibility index (Phi) is 6.41. The molecule has 0 spiro atoms. The summed E-state index contributed by atoms with van der Waals surface area (Å²) in [5.74, 6) is 0.731. The van der Waals surface area contributed by atoms with Crippen molar-refractivity contribution in [2.45, 2.75) is 38.8 Å². The Morgan fingerprint density at radius 3 is 2.66 bits per heavy atom. The highest BCUT2D eigenvalue weighted by molar-refractivity contribution is 5.80. The normalized spacial score (nSPS) is 15.0. The SMILES string of the molecule is CN=C(NCCc1cnn(-c2ccccc2)c1)NC1CN(C(=O)OC(C)(C)C)C1. The van der Waals surface area contributed by atoms with Crippen LogP contribution in [0.1, 0.15) is 26.3 Å². The summed E-state index contributed by atoms with van der Waals surface area (Å²) in [6.45, 7) is 7.57. The number of ether oxygens (including phenoxy) is 1. The fourth-order valence-electron chi connectivity index (χ4n) is 2.97. The predicted molar refractivity (Wildman–Crippen MR) is 113 cm³/mol. The van der Waals surface area contributed by atoms with Crippen molar-refractivity contribution in [3.63, 3.8) is 0 Å². The van der Waals surface area contributed by atoms with Gasteiger partial charge in [0.15, 0.2) is 5.96 Å². The first-order valence-corrected chi connectivity index (χ1v) is 9.88. The van der Waals surface area contributed by atoms with Crippen LogP contribution in [-0.2, 0) is 11.2 Å². The number of nitrogens with one attached hydrogen (secondary N) is 2. The van der Waals surface area contributed by atoms with Crippen molar-refractivity contribution in [1.82, 2.24) is 25.3 Å². The van der Waals surface area contributed by atoms with E-state index in [1.54, 1.807) is 11.9 Å². The molecule has 0 atom stereocenters. The van der Waals surface area contributed by atoms with Crippen LogP contribution in [0.15, 0.2) is 47.7 Å². The van der Waals surface area contributed by atoms with Crippen LogP contribution in [0.2, 0.25) is 0 Å². The predicted octanol–water partition coefficient (Wildman–Crippen LogP) is 2.20. The number of amides is 1. The molecule has 1 aliphatic heterocycles. The van der Waals surface area contributed by atoms with Gasteiger partial charge in [0.1, 0.15) is 5.60 Å². The zero-order valence-electron chi connectivity index (χ0n) is 17.6. The van der Waals surface area contributed by atoms with Gasteiger partial charge < -0.3 is 20.3 Å². The highest BCUT2D eigenvalue weighted by atomic mass is 16.6. The summed E-state index contributed by atoms with van der Waals surface area (Å²) >= 11 is 0. The van der Waals surface area contributed by atoms with Gasteiger partial charge in [-0.1, -0.05) is 18.2 Å². The van der Waals surface area contributed by atoms with E-state index in [1.807, 2.05) is 68.2 Å². The van der Waals surface area contributed by atoms with Gasteiger partial charge in [0.25, 0.3) is 0 Å². The van der Waals surface area contributed by atoms with E-state index in [4.69, 9.17) is 4.74 Å². The molecule has 8 heteroatoms. The van der Waals surface area contributed by atoms with E-state index in [9.17, 15) is 4.79 Å². The molecule has 156 valence electrons. The van der Waals surface area contributed by atoms with Gasteiger partial charge in [-0.25, -0.2) is 9.48 Å². The molecule has 2 aromatic rings. The van der Waals surface area contributed by atoms with Gasteiger partial charge >= 0.3 is 6.09 Å². The average molecular weight is 399 g/mol. The number of aromatic nitrogens is 2. The highest BCUT2D eigenvalue weighted by Crippen LogP contribution is 2.15. The van der Waals surface area contributed by atoms with Crippen LogP contribution in [0.25, 0.3) is 5.69 Å². The lowest BCUT2D eigenvalue weighted by molar-refractivity contribution is 0.00701. The molecule has 0 unspecified atom stereocenters. The second-order valence-electron chi connectivity index (χ2n) is 8.10. The highest BCUT2D eigenvalue weighted by Gasteiger charge is 2.34. The third kappa shape index (κ3) is 5.97. The number of likely N-dealkylation sites (tertiary alicyclic amines) is 1. The summed E-state index contributed by atoms with van der Waals surface area (Å²) in [6, 6.07) is 10.2. The molecular weight excluding hydrogens is 368 g/mol. The van der Waals surface area contributed by atoms with E-state index in [-0.39, 0.29) is 12.1 Å². The molecule has 29 heavy (non-hydrogen) atoms. The van der Waals surface area contributed by atoms with Crippen LogP contribution >= 0.6 is 0 Å². The van der Waals surface area contributed by atoms with Crippen molar-refractivity contribution in [3.05, 3.63) is 48.3 Å². The van der Waals surface area contributed by atoms with Gasteiger partial charge in [-0.3, -0.25) is 4.99 Å². The molecule has 2 N–H and O–H groups in total. The van der Waals surface area contributed by atoms with Crippen molar-refractivity contribution in [2.75, 3.05) is 26.7 Å². The number of carbonyl (C=O) groups excluding carboxylic acids is 1. The minimum absolute atomic E-state index is 0.176. The Balaban J connectivity index is 1.39. The molecule has 0 bridgehead atoms. The summed E-state index contributed by atoms with van der Waals surface area (Å²) in [5.41, 5.74) is 1.72. The fraction of sp³-hybridized carbons (Fsp3) is 0.476. The number of guanidine groups is 1. The average Bonchev–Trinajstić information content (AvgIpc) is 3.11. The third-order valence-corrected chi connectivity index (χ3v) is 4.46. The molecule has 1 aromatic carbocycles. The number of hydrogen-bond donors (Lipinski definition) is 2. The minimum Gasteiger partial charge on any atom is -0.444 e. The van der Waals surface area contributed by atoms with E-state index in [0.29, 0.717) is 13.1 Å². The lowest BCUT2D eigenvalue weighted by Gasteiger charge is -2.40. The molecule has 1 aliphatic rings. The Morgan fingerprint density at radius 1 is 1.28 bits per heavy atom. The Bertz CT molecular complexity index is 834. The molecule has 0 aliphatic carbocycles. The number of rotatable bonds is 5. The van der Waals surface area contributed by atoms with Crippen molar-refractivity contribution in [2.24, 2.45) is 4.99 Å². The Morgan fingerprint density at radius 2 is 2.00 bits per heavy atom. The summed E-state index contributed by atoms with van der Waals surface area (Å²) < 4.78 is 7.25. The number of hydrogen-bond acceptors (Lipinski definition) is 4. The van der Waals surface area contributed by atoms with E-state index in [1.165, 1.54) is 0 Å². The molecule has 1 amide bonds. The summed E-state index contributed by atoms with van der Waals surface area (Å²) in [4.78, 5) is 17.9. The molecule has 0 radical (unpaired) electrons. The quantitative estimate of drug-likeness (QED) is 0.596. The first-order chi connectivity index (χ1) is 13.8.